The molecule has 0 spiro atoms. The van der Waals surface area contributed by atoms with Gasteiger partial charge in [0.1, 0.15) is 0 Å². The summed E-state index contributed by atoms with van der Waals surface area (Å²) in [5, 5.41) is 2.25. The molecule has 6 N–H and O–H groups in total. The smallest absolute Gasteiger partial charge is 0.0613 e. The maximum Gasteiger partial charge on any atom is 0.0613 e. The molecule has 15 heavy (non-hydrogen) atoms. The number of anilines is 1. The normalized spacial score (nSPS) is 11.6. The molecule has 0 aromatic heterocycles. The third-order valence-corrected chi connectivity index (χ3v) is 2.48. The fraction of sp³-hybridized carbons (Fsp3) is 0.111. The van der Waals surface area contributed by atoms with Crippen LogP contribution in [0.4, 0.5) is 5.69 Å². The minimum atomic E-state index is 0.245. The van der Waals surface area contributed by atoms with Crippen molar-refractivity contribution in [2.75, 3.05) is 11.6 Å². The molecule has 0 heterocycles. The molecule has 0 bridgehead atoms. The van der Waals surface area contributed by atoms with Crippen molar-refractivity contribution in [1.29, 1.82) is 0 Å². The Bertz CT molecular complexity index is 378. The van der Waals surface area contributed by atoms with Gasteiger partial charge in [-0.25, -0.2) is 5.84 Å². The molecule has 1 aromatic carbocycles. The second kappa shape index (κ2) is 5.23. The van der Waals surface area contributed by atoms with Gasteiger partial charge in [-0.3, -0.25) is 5.01 Å². The Labute approximate surface area is 98.2 Å². The number of benzene rings is 1. The van der Waals surface area contributed by atoms with Gasteiger partial charge in [0.15, 0.2) is 0 Å². The highest BCUT2D eigenvalue weighted by Gasteiger charge is 2.03. The number of halogens is 2. The zero-order valence-electron chi connectivity index (χ0n) is 7.95. The molecule has 0 aliphatic heterocycles. The van der Waals surface area contributed by atoms with E-state index in [1.807, 2.05) is 0 Å². The highest BCUT2D eigenvalue weighted by atomic mass is 35.5. The molecule has 4 nitrogen and oxygen atoms in total. The van der Waals surface area contributed by atoms with Crippen LogP contribution in [0.2, 0.25) is 10.0 Å². The quantitative estimate of drug-likeness (QED) is 0.557. The van der Waals surface area contributed by atoms with Gasteiger partial charge in [0.25, 0.3) is 0 Å². The largest absolute Gasteiger partial charge is 0.400 e. The van der Waals surface area contributed by atoms with E-state index in [2.05, 4.69) is 0 Å². The molecular formula is C9H12Cl2N4. The van der Waals surface area contributed by atoms with E-state index in [0.717, 1.165) is 0 Å². The summed E-state index contributed by atoms with van der Waals surface area (Å²) < 4.78 is 0. The van der Waals surface area contributed by atoms with Crippen molar-refractivity contribution in [2.24, 2.45) is 17.3 Å². The van der Waals surface area contributed by atoms with Crippen LogP contribution < -0.4 is 22.3 Å². The summed E-state index contributed by atoms with van der Waals surface area (Å²) in [6, 6.07) is 5.03. The van der Waals surface area contributed by atoms with Crippen molar-refractivity contribution < 1.29 is 0 Å². The molecule has 0 aliphatic rings. The second-order valence-electron chi connectivity index (χ2n) is 2.91. The predicted octanol–water partition coefficient (Wildman–Crippen LogP) is 1.43. The first-order valence-electron chi connectivity index (χ1n) is 4.20. The van der Waals surface area contributed by atoms with Gasteiger partial charge < -0.3 is 11.5 Å². The Morgan fingerprint density at radius 2 is 2.00 bits per heavy atom. The van der Waals surface area contributed by atoms with E-state index in [1.54, 1.807) is 18.2 Å². The SMILES string of the molecule is NC/C(N)=C/N(N)c1ccc(Cl)c(Cl)c1. The van der Waals surface area contributed by atoms with Gasteiger partial charge in [-0.15, -0.1) is 0 Å². The summed E-state index contributed by atoms with van der Waals surface area (Å²) in [5.41, 5.74) is 12.0. The third-order valence-electron chi connectivity index (χ3n) is 1.74. The summed E-state index contributed by atoms with van der Waals surface area (Å²) >= 11 is 11.6. The molecule has 1 aromatic rings. The van der Waals surface area contributed by atoms with Crippen LogP contribution in [0.5, 0.6) is 0 Å². The van der Waals surface area contributed by atoms with Crippen molar-refractivity contribution >= 4 is 28.9 Å². The van der Waals surface area contributed by atoms with Gasteiger partial charge in [-0.2, -0.15) is 0 Å². The van der Waals surface area contributed by atoms with E-state index >= 15 is 0 Å². The predicted molar refractivity (Wildman–Crippen MR) is 64.5 cm³/mol. The highest BCUT2D eigenvalue weighted by Crippen LogP contribution is 2.26. The Kier molecular flexibility index (Phi) is 4.23. The van der Waals surface area contributed by atoms with Crippen LogP contribution in [-0.2, 0) is 0 Å². The topological polar surface area (TPSA) is 81.3 Å². The molecule has 1 rings (SSSR count). The minimum Gasteiger partial charge on any atom is -0.400 e. The maximum absolute atomic E-state index is 5.84. The molecule has 6 heteroatoms. The van der Waals surface area contributed by atoms with E-state index in [4.69, 9.17) is 40.5 Å². The van der Waals surface area contributed by atoms with Crippen LogP contribution in [0, 0.1) is 0 Å². The number of rotatable bonds is 3. The fourth-order valence-corrected chi connectivity index (χ4v) is 1.24. The first-order valence-corrected chi connectivity index (χ1v) is 4.95. The van der Waals surface area contributed by atoms with Gasteiger partial charge in [0.2, 0.25) is 0 Å². The molecule has 0 atom stereocenters. The second-order valence-corrected chi connectivity index (χ2v) is 3.73. The van der Waals surface area contributed by atoms with Crippen molar-refractivity contribution in [2.45, 2.75) is 0 Å². The Balaban J connectivity index is 2.92. The minimum absolute atomic E-state index is 0.245. The van der Waals surface area contributed by atoms with Crippen LogP contribution in [0.15, 0.2) is 30.1 Å². The van der Waals surface area contributed by atoms with E-state index in [0.29, 0.717) is 21.4 Å². The van der Waals surface area contributed by atoms with E-state index in [9.17, 15) is 0 Å². The number of nitrogens with zero attached hydrogens (tertiary/aromatic N) is 1. The van der Waals surface area contributed by atoms with Crippen LogP contribution >= 0.6 is 23.2 Å². The summed E-state index contributed by atoms with van der Waals surface area (Å²) in [4.78, 5) is 0. The molecule has 0 radical (unpaired) electrons. The van der Waals surface area contributed by atoms with Gasteiger partial charge in [-0.05, 0) is 18.2 Å². The molecule has 0 saturated carbocycles. The van der Waals surface area contributed by atoms with Crippen LogP contribution in [-0.4, -0.2) is 6.54 Å². The number of hydrazine groups is 1. The lowest BCUT2D eigenvalue weighted by Crippen LogP contribution is -2.27. The van der Waals surface area contributed by atoms with Crippen molar-refractivity contribution in [1.82, 2.24) is 0 Å². The monoisotopic (exact) mass is 246 g/mol. The summed E-state index contributed by atoms with van der Waals surface area (Å²) in [5.74, 6) is 5.71. The number of hydrogen-bond acceptors (Lipinski definition) is 4. The molecule has 0 saturated heterocycles. The fourth-order valence-electron chi connectivity index (χ4n) is 0.952. The number of nitrogens with two attached hydrogens (primary N) is 3. The molecule has 0 fully saturated rings. The van der Waals surface area contributed by atoms with Crippen molar-refractivity contribution in [3.63, 3.8) is 0 Å². The highest BCUT2D eigenvalue weighted by molar-refractivity contribution is 6.42. The molecule has 0 amide bonds. The molecule has 0 aliphatic carbocycles. The summed E-state index contributed by atoms with van der Waals surface area (Å²) in [6.07, 6.45) is 1.53. The van der Waals surface area contributed by atoms with Gasteiger partial charge in [0.05, 0.1) is 15.7 Å². The Morgan fingerprint density at radius 3 is 2.53 bits per heavy atom. The maximum atomic E-state index is 5.84. The van der Waals surface area contributed by atoms with Gasteiger partial charge in [-0.1, -0.05) is 23.2 Å². The Hall–Kier alpha value is -0.940. The molecular weight excluding hydrogens is 235 g/mol. The third kappa shape index (κ3) is 3.28. The lowest BCUT2D eigenvalue weighted by Gasteiger charge is -2.15. The van der Waals surface area contributed by atoms with Crippen molar-refractivity contribution in [3.05, 3.63) is 40.1 Å². The van der Waals surface area contributed by atoms with Crippen molar-refractivity contribution in [3.8, 4) is 0 Å². The first-order chi connectivity index (χ1) is 7.04. The van der Waals surface area contributed by atoms with Gasteiger partial charge in [0, 0.05) is 18.4 Å². The van der Waals surface area contributed by atoms with E-state index in [1.165, 1.54) is 11.2 Å². The lowest BCUT2D eigenvalue weighted by atomic mass is 10.3. The summed E-state index contributed by atoms with van der Waals surface area (Å²) in [7, 11) is 0. The van der Waals surface area contributed by atoms with Crippen LogP contribution in [0.1, 0.15) is 0 Å². The zero-order valence-corrected chi connectivity index (χ0v) is 9.46. The van der Waals surface area contributed by atoms with E-state index < -0.39 is 0 Å². The molecule has 82 valence electrons. The standard InChI is InChI=1S/C9H12Cl2N4/c10-8-2-1-7(3-9(8)11)15(14)5-6(13)4-12/h1-3,5H,4,12-14H2/b6-5-. The van der Waals surface area contributed by atoms with Gasteiger partial charge >= 0.3 is 0 Å². The molecule has 0 unspecified atom stereocenters. The zero-order chi connectivity index (χ0) is 11.4. The average Bonchev–Trinajstić information content (AvgIpc) is 2.21. The lowest BCUT2D eigenvalue weighted by molar-refractivity contribution is 1.01. The van der Waals surface area contributed by atoms with Crippen LogP contribution in [0.25, 0.3) is 0 Å². The van der Waals surface area contributed by atoms with E-state index in [-0.39, 0.29) is 6.54 Å². The average molecular weight is 247 g/mol. The van der Waals surface area contributed by atoms with Crippen LogP contribution in [0.3, 0.4) is 0 Å². The first kappa shape index (κ1) is 12.1. The Morgan fingerprint density at radius 1 is 1.33 bits per heavy atom. The number of hydrogen-bond donors (Lipinski definition) is 3. The summed E-state index contributed by atoms with van der Waals surface area (Å²) in [6.45, 7) is 0.245.